The average molecular weight is 279 g/mol. The first kappa shape index (κ1) is 17.0. The van der Waals surface area contributed by atoms with Crippen molar-refractivity contribution >= 4 is 0 Å². The van der Waals surface area contributed by atoms with Crippen LogP contribution in [0, 0.1) is 0 Å². The van der Waals surface area contributed by atoms with Crippen molar-refractivity contribution in [1.29, 1.82) is 0 Å². The smallest absolute Gasteiger partial charge is 0.119 e. The van der Waals surface area contributed by atoms with Gasteiger partial charge in [-0.1, -0.05) is 19.1 Å². The fraction of sp³-hybridized carbons (Fsp3) is 0.647. The first-order valence-electron chi connectivity index (χ1n) is 7.82. The number of ether oxygens (including phenoxy) is 1. The summed E-state index contributed by atoms with van der Waals surface area (Å²) in [6.45, 7) is 6.41. The van der Waals surface area contributed by atoms with Crippen LogP contribution < -0.4 is 10.1 Å². The molecule has 0 amide bonds. The fourth-order valence-corrected chi connectivity index (χ4v) is 2.17. The molecule has 2 N–H and O–H groups in total. The highest BCUT2D eigenvalue weighted by molar-refractivity contribution is 5.27. The van der Waals surface area contributed by atoms with E-state index in [1.165, 1.54) is 5.56 Å². The van der Waals surface area contributed by atoms with E-state index in [1.807, 2.05) is 0 Å². The molecule has 20 heavy (non-hydrogen) atoms. The minimum absolute atomic E-state index is 0.278. The molecule has 0 radical (unpaired) electrons. The number of aryl methyl sites for hydroxylation is 1. The maximum absolute atomic E-state index is 8.69. The Balaban J connectivity index is 2.22. The predicted octanol–water partition coefficient (Wildman–Crippen LogP) is 3.16. The van der Waals surface area contributed by atoms with Crippen molar-refractivity contribution in [3.05, 3.63) is 29.8 Å². The number of benzene rings is 1. The molecule has 0 aliphatic carbocycles. The molecule has 0 aliphatic rings. The highest BCUT2D eigenvalue weighted by Gasteiger charge is 2.01. The summed E-state index contributed by atoms with van der Waals surface area (Å²) in [5, 5.41) is 12.1. The molecule has 0 saturated heterocycles. The third kappa shape index (κ3) is 7.51. The van der Waals surface area contributed by atoms with Crippen molar-refractivity contribution in [1.82, 2.24) is 5.32 Å². The van der Waals surface area contributed by atoms with Crippen LogP contribution in [0.1, 0.15) is 45.1 Å². The van der Waals surface area contributed by atoms with Crippen molar-refractivity contribution in [3.63, 3.8) is 0 Å². The van der Waals surface area contributed by atoms with Crippen LogP contribution in [0.25, 0.3) is 0 Å². The lowest BCUT2D eigenvalue weighted by molar-refractivity contribution is 0.266. The van der Waals surface area contributed by atoms with Crippen LogP contribution in [0.3, 0.4) is 0 Å². The van der Waals surface area contributed by atoms with Gasteiger partial charge in [-0.15, -0.1) is 0 Å². The average Bonchev–Trinajstić information content (AvgIpc) is 2.46. The summed E-state index contributed by atoms with van der Waals surface area (Å²) < 4.78 is 5.68. The zero-order valence-electron chi connectivity index (χ0n) is 12.9. The van der Waals surface area contributed by atoms with E-state index in [0.29, 0.717) is 6.04 Å². The number of rotatable bonds is 11. The number of nitrogens with one attached hydrogen (secondary N) is 1. The molecule has 0 spiro atoms. The Morgan fingerprint density at radius 2 is 1.90 bits per heavy atom. The van der Waals surface area contributed by atoms with Gasteiger partial charge in [0.15, 0.2) is 0 Å². The normalized spacial score (nSPS) is 12.3. The molecular weight excluding hydrogens is 250 g/mol. The molecule has 1 aromatic carbocycles. The lowest BCUT2D eigenvalue weighted by atomic mass is 10.1. The van der Waals surface area contributed by atoms with E-state index in [4.69, 9.17) is 9.84 Å². The van der Waals surface area contributed by atoms with Crippen LogP contribution in [0.4, 0.5) is 0 Å². The van der Waals surface area contributed by atoms with Gasteiger partial charge in [0.25, 0.3) is 0 Å². The maximum atomic E-state index is 8.69. The molecule has 0 aliphatic heterocycles. The minimum atomic E-state index is 0.278. The summed E-state index contributed by atoms with van der Waals surface area (Å²) in [5.41, 5.74) is 1.36. The molecule has 0 aromatic heterocycles. The standard InChI is InChI=1S/C17H29NO2/c1-3-18-15(2)7-8-16-9-11-17(12-10-16)20-14-6-4-5-13-19/h9-12,15,18-19H,3-8,13-14H2,1-2H3. The Morgan fingerprint density at radius 1 is 1.15 bits per heavy atom. The van der Waals surface area contributed by atoms with Gasteiger partial charge in [0, 0.05) is 12.6 Å². The second-order valence-corrected chi connectivity index (χ2v) is 5.27. The summed E-state index contributed by atoms with van der Waals surface area (Å²) in [5.74, 6) is 0.942. The molecular formula is C17H29NO2. The van der Waals surface area contributed by atoms with Crippen molar-refractivity contribution in [2.24, 2.45) is 0 Å². The number of hydrogen-bond donors (Lipinski definition) is 2. The van der Waals surface area contributed by atoms with Crippen LogP contribution in [-0.2, 0) is 6.42 Å². The summed E-state index contributed by atoms with van der Waals surface area (Å²) in [6.07, 6.45) is 5.16. The Hall–Kier alpha value is -1.06. The van der Waals surface area contributed by atoms with E-state index in [-0.39, 0.29) is 6.61 Å². The summed E-state index contributed by atoms with van der Waals surface area (Å²) in [6, 6.07) is 8.99. The summed E-state index contributed by atoms with van der Waals surface area (Å²) in [7, 11) is 0. The molecule has 0 bridgehead atoms. The third-order valence-electron chi connectivity index (χ3n) is 3.41. The molecule has 1 aromatic rings. The van der Waals surface area contributed by atoms with Crippen LogP contribution in [0.15, 0.2) is 24.3 Å². The molecule has 1 rings (SSSR count). The van der Waals surface area contributed by atoms with Gasteiger partial charge < -0.3 is 15.2 Å². The van der Waals surface area contributed by atoms with E-state index < -0.39 is 0 Å². The second-order valence-electron chi connectivity index (χ2n) is 5.27. The number of aliphatic hydroxyl groups is 1. The zero-order chi connectivity index (χ0) is 14.6. The van der Waals surface area contributed by atoms with Gasteiger partial charge in [-0.05, 0) is 63.3 Å². The first-order valence-corrected chi connectivity index (χ1v) is 7.82. The highest BCUT2D eigenvalue weighted by Crippen LogP contribution is 2.14. The monoisotopic (exact) mass is 279 g/mol. The Morgan fingerprint density at radius 3 is 2.55 bits per heavy atom. The largest absolute Gasteiger partial charge is 0.494 e. The Bertz CT molecular complexity index is 337. The highest BCUT2D eigenvalue weighted by atomic mass is 16.5. The Kier molecular flexibility index (Phi) is 9.09. The van der Waals surface area contributed by atoms with Crippen LogP contribution >= 0.6 is 0 Å². The molecule has 0 heterocycles. The van der Waals surface area contributed by atoms with Crippen LogP contribution in [-0.4, -0.2) is 30.9 Å². The summed E-state index contributed by atoms with van der Waals surface area (Å²) >= 11 is 0. The van der Waals surface area contributed by atoms with Gasteiger partial charge in [-0.2, -0.15) is 0 Å². The van der Waals surface area contributed by atoms with E-state index >= 15 is 0 Å². The topological polar surface area (TPSA) is 41.5 Å². The van der Waals surface area contributed by atoms with Crippen molar-refractivity contribution in [3.8, 4) is 5.75 Å². The quantitative estimate of drug-likeness (QED) is 0.611. The maximum Gasteiger partial charge on any atom is 0.119 e. The van der Waals surface area contributed by atoms with E-state index in [1.54, 1.807) is 0 Å². The van der Waals surface area contributed by atoms with Gasteiger partial charge in [0.2, 0.25) is 0 Å². The van der Waals surface area contributed by atoms with Crippen LogP contribution in [0.2, 0.25) is 0 Å². The van der Waals surface area contributed by atoms with E-state index in [0.717, 1.165) is 51.0 Å². The Labute approximate surface area is 123 Å². The molecule has 3 nitrogen and oxygen atoms in total. The first-order chi connectivity index (χ1) is 9.76. The van der Waals surface area contributed by atoms with Crippen molar-refractivity contribution in [2.45, 2.75) is 52.0 Å². The minimum Gasteiger partial charge on any atom is -0.494 e. The third-order valence-corrected chi connectivity index (χ3v) is 3.41. The van der Waals surface area contributed by atoms with E-state index in [2.05, 4.69) is 43.4 Å². The summed E-state index contributed by atoms with van der Waals surface area (Å²) in [4.78, 5) is 0. The number of unbranched alkanes of at least 4 members (excludes halogenated alkanes) is 2. The molecule has 114 valence electrons. The molecule has 1 atom stereocenters. The number of hydrogen-bond acceptors (Lipinski definition) is 3. The van der Waals surface area contributed by atoms with Gasteiger partial charge in [-0.3, -0.25) is 0 Å². The fourth-order valence-electron chi connectivity index (χ4n) is 2.17. The molecule has 0 saturated carbocycles. The second kappa shape index (κ2) is 10.7. The van der Waals surface area contributed by atoms with E-state index in [9.17, 15) is 0 Å². The van der Waals surface area contributed by atoms with Gasteiger partial charge in [0.1, 0.15) is 5.75 Å². The zero-order valence-corrected chi connectivity index (χ0v) is 12.9. The predicted molar refractivity (Wildman–Crippen MR) is 84.3 cm³/mol. The lowest BCUT2D eigenvalue weighted by Gasteiger charge is -2.12. The lowest BCUT2D eigenvalue weighted by Crippen LogP contribution is -2.25. The molecule has 0 fully saturated rings. The van der Waals surface area contributed by atoms with Crippen molar-refractivity contribution in [2.75, 3.05) is 19.8 Å². The molecule has 3 heteroatoms. The van der Waals surface area contributed by atoms with Gasteiger partial charge >= 0.3 is 0 Å². The number of aliphatic hydroxyl groups excluding tert-OH is 1. The van der Waals surface area contributed by atoms with Gasteiger partial charge in [0.05, 0.1) is 6.61 Å². The SMILES string of the molecule is CCNC(C)CCc1ccc(OCCCCCO)cc1. The van der Waals surface area contributed by atoms with Crippen molar-refractivity contribution < 1.29 is 9.84 Å². The molecule has 1 unspecified atom stereocenters. The van der Waals surface area contributed by atoms with Crippen LogP contribution in [0.5, 0.6) is 5.75 Å². The van der Waals surface area contributed by atoms with Gasteiger partial charge in [-0.25, -0.2) is 0 Å².